The van der Waals surface area contributed by atoms with Crippen molar-refractivity contribution in [3.63, 3.8) is 0 Å². The summed E-state index contributed by atoms with van der Waals surface area (Å²) >= 11 is 0. The van der Waals surface area contributed by atoms with Gasteiger partial charge in [-0.3, -0.25) is 9.69 Å². The molecule has 0 bridgehead atoms. The number of rotatable bonds is 4. The molecule has 18 heavy (non-hydrogen) atoms. The average molecular weight is 248 g/mol. The van der Waals surface area contributed by atoms with Crippen molar-refractivity contribution in [1.82, 2.24) is 4.90 Å². The van der Waals surface area contributed by atoms with Gasteiger partial charge in [0.1, 0.15) is 5.75 Å². The van der Waals surface area contributed by atoms with Crippen LogP contribution in [0.4, 0.5) is 0 Å². The zero-order valence-corrected chi connectivity index (χ0v) is 10.9. The molecule has 2 N–H and O–H groups in total. The molecule has 1 heterocycles. The first-order valence-electron chi connectivity index (χ1n) is 6.29. The summed E-state index contributed by atoms with van der Waals surface area (Å²) in [6.07, 6.45) is 0.972. The van der Waals surface area contributed by atoms with Crippen LogP contribution >= 0.6 is 0 Å². The minimum atomic E-state index is -0.105. The van der Waals surface area contributed by atoms with E-state index in [0.717, 1.165) is 30.8 Å². The Morgan fingerprint density at radius 2 is 2.11 bits per heavy atom. The number of nitrogens with zero attached hydrogens (tertiary/aromatic N) is 1. The molecule has 0 aliphatic carbocycles. The number of carbonyl (C=O) groups excluding carboxylic acids is 1. The molecule has 0 radical (unpaired) electrons. The Morgan fingerprint density at radius 3 is 2.61 bits per heavy atom. The third-order valence-corrected chi connectivity index (χ3v) is 3.56. The van der Waals surface area contributed by atoms with E-state index in [9.17, 15) is 4.79 Å². The van der Waals surface area contributed by atoms with Crippen molar-refractivity contribution in [2.24, 2.45) is 5.73 Å². The SMILES string of the molecule is COc1ccc(C(=O)C(C)N2CCC(N)C2)cc1. The summed E-state index contributed by atoms with van der Waals surface area (Å²) in [5.41, 5.74) is 6.60. The van der Waals surface area contributed by atoms with Crippen LogP contribution in [0.15, 0.2) is 24.3 Å². The van der Waals surface area contributed by atoms with Gasteiger partial charge in [0.15, 0.2) is 5.78 Å². The summed E-state index contributed by atoms with van der Waals surface area (Å²) < 4.78 is 5.09. The summed E-state index contributed by atoms with van der Waals surface area (Å²) in [6.45, 7) is 3.66. The highest BCUT2D eigenvalue weighted by molar-refractivity contribution is 5.99. The van der Waals surface area contributed by atoms with Gasteiger partial charge in [-0.2, -0.15) is 0 Å². The van der Waals surface area contributed by atoms with Crippen molar-refractivity contribution in [1.29, 1.82) is 0 Å². The van der Waals surface area contributed by atoms with E-state index < -0.39 is 0 Å². The Morgan fingerprint density at radius 1 is 1.44 bits per heavy atom. The molecule has 2 atom stereocenters. The van der Waals surface area contributed by atoms with Gasteiger partial charge in [-0.25, -0.2) is 0 Å². The molecule has 2 rings (SSSR count). The number of Topliss-reactive ketones (excluding diaryl/α,β-unsaturated/α-hetero) is 1. The molecule has 4 heteroatoms. The van der Waals surface area contributed by atoms with E-state index in [2.05, 4.69) is 4.90 Å². The van der Waals surface area contributed by atoms with Crippen LogP contribution in [-0.2, 0) is 0 Å². The average Bonchev–Trinajstić information content (AvgIpc) is 2.84. The van der Waals surface area contributed by atoms with Gasteiger partial charge in [-0.05, 0) is 37.6 Å². The maximum absolute atomic E-state index is 12.3. The van der Waals surface area contributed by atoms with Crippen LogP contribution in [0, 0.1) is 0 Å². The number of hydrogen-bond donors (Lipinski definition) is 1. The molecule has 1 aliphatic heterocycles. The fourth-order valence-corrected chi connectivity index (χ4v) is 2.33. The fraction of sp³-hybridized carbons (Fsp3) is 0.500. The van der Waals surface area contributed by atoms with E-state index >= 15 is 0 Å². The molecule has 0 spiro atoms. The minimum Gasteiger partial charge on any atom is -0.497 e. The molecule has 98 valence electrons. The molecule has 0 saturated carbocycles. The summed E-state index contributed by atoms with van der Waals surface area (Å²) in [7, 11) is 1.62. The van der Waals surface area contributed by atoms with Crippen molar-refractivity contribution in [3.8, 4) is 5.75 Å². The second-order valence-corrected chi connectivity index (χ2v) is 4.81. The van der Waals surface area contributed by atoms with Gasteiger partial charge in [-0.15, -0.1) is 0 Å². The van der Waals surface area contributed by atoms with Gasteiger partial charge in [-0.1, -0.05) is 0 Å². The molecular weight excluding hydrogens is 228 g/mol. The fourth-order valence-electron chi connectivity index (χ4n) is 2.33. The number of nitrogens with two attached hydrogens (primary N) is 1. The quantitative estimate of drug-likeness (QED) is 0.816. The summed E-state index contributed by atoms with van der Waals surface area (Å²) in [6, 6.07) is 7.36. The number of carbonyl (C=O) groups is 1. The Kier molecular flexibility index (Phi) is 3.99. The first-order chi connectivity index (χ1) is 8.61. The number of ether oxygens (including phenoxy) is 1. The molecule has 1 saturated heterocycles. The van der Waals surface area contributed by atoms with Gasteiger partial charge >= 0.3 is 0 Å². The number of benzene rings is 1. The molecule has 0 aromatic heterocycles. The molecule has 1 fully saturated rings. The normalized spacial score (nSPS) is 21.8. The molecule has 2 unspecified atom stereocenters. The van der Waals surface area contributed by atoms with E-state index in [1.165, 1.54) is 0 Å². The first-order valence-corrected chi connectivity index (χ1v) is 6.29. The molecular formula is C14H20N2O2. The lowest BCUT2D eigenvalue weighted by atomic mass is 10.0. The Balaban J connectivity index is 2.05. The van der Waals surface area contributed by atoms with E-state index in [-0.39, 0.29) is 17.9 Å². The van der Waals surface area contributed by atoms with Crippen LogP contribution in [0.5, 0.6) is 5.75 Å². The number of ketones is 1. The van der Waals surface area contributed by atoms with Crippen LogP contribution in [0.2, 0.25) is 0 Å². The van der Waals surface area contributed by atoms with E-state index in [1.54, 1.807) is 7.11 Å². The van der Waals surface area contributed by atoms with Crippen LogP contribution in [0.1, 0.15) is 23.7 Å². The Hall–Kier alpha value is -1.39. The van der Waals surface area contributed by atoms with Crippen LogP contribution < -0.4 is 10.5 Å². The Labute approximate surface area is 108 Å². The molecule has 1 aromatic rings. The van der Waals surface area contributed by atoms with Crippen molar-refractivity contribution < 1.29 is 9.53 Å². The second-order valence-electron chi connectivity index (χ2n) is 4.81. The van der Waals surface area contributed by atoms with E-state index in [1.807, 2.05) is 31.2 Å². The smallest absolute Gasteiger partial charge is 0.179 e. The molecule has 0 amide bonds. The predicted molar refractivity (Wildman–Crippen MR) is 71.0 cm³/mol. The monoisotopic (exact) mass is 248 g/mol. The largest absolute Gasteiger partial charge is 0.497 e. The van der Waals surface area contributed by atoms with Gasteiger partial charge in [0.05, 0.1) is 13.2 Å². The highest BCUT2D eigenvalue weighted by Gasteiger charge is 2.28. The topological polar surface area (TPSA) is 55.6 Å². The van der Waals surface area contributed by atoms with Crippen molar-refractivity contribution in [2.75, 3.05) is 20.2 Å². The highest BCUT2D eigenvalue weighted by atomic mass is 16.5. The lowest BCUT2D eigenvalue weighted by molar-refractivity contribution is 0.0865. The third kappa shape index (κ3) is 2.71. The maximum Gasteiger partial charge on any atom is 0.179 e. The standard InChI is InChI=1S/C14H20N2O2/c1-10(16-8-7-12(15)9-16)14(17)11-3-5-13(18-2)6-4-11/h3-6,10,12H,7-9,15H2,1-2H3. The summed E-state index contributed by atoms with van der Waals surface area (Å²) in [4.78, 5) is 14.5. The molecule has 4 nitrogen and oxygen atoms in total. The zero-order valence-electron chi connectivity index (χ0n) is 10.9. The molecule has 1 aliphatic rings. The van der Waals surface area contributed by atoms with Crippen molar-refractivity contribution in [3.05, 3.63) is 29.8 Å². The highest BCUT2D eigenvalue weighted by Crippen LogP contribution is 2.17. The van der Waals surface area contributed by atoms with Crippen LogP contribution in [-0.4, -0.2) is 43.0 Å². The minimum absolute atomic E-state index is 0.105. The predicted octanol–water partition coefficient (Wildman–Crippen LogP) is 1.30. The third-order valence-electron chi connectivity index (χ3n) is 3.56. The van der Waals surface area contributed by atoms with Crippen molar-refractivity contribution >= 4 is 5.78 Å². The van der Waals surface area contributed by atoms with Crippen molar-refractivity contribution in [2.45, 2.75) is 25.4 Å². The first kappa shape index (κ1) is 13.1. The zero-order chi connectivity index (χ0) is 13.1. The van der Waals surface area contributed by atoms with Crippen LogP contribution in [0.25, 0.3) is 0 Å². The lowest BCUT2D eigenvalue weighted by Gasteiger charge is -2.22. The number of likely N-dealkylation sites (tertiary alicyclic amines) is 1. The summed E-state index contributed by atoms with van der Waals surface area (Å²) in [5.74, 6) is 0.911. The lowest BCUT2D eigenvalue weighted by Crippen LogP contribution is -2.38. The van der Waals surface area contributed by atoms with Gasteiger partial charge in [0, 0.05) is 24.7 Å². The van der Waals surface area contributed by atoms with E-state index in [4.69, 9.17) is 10.5 Å². The second kappa shape index (κ2) is 5.50. The summed E-state index contributed by atoms with van der Waals surface area (Å²) in [5, 5.41) is 0. The van der Waals surface area contributed by atoms with Gasteiger partial charge < -0.3 is 10.5 Å². The van der Waals surface area contributed by atoms with E-state index in [0.29, 0.717) is 0 Å². The van der Waals surface area contributed by atoms with Gasteiger partial charge in [0.2, 0.25) is 0 Å². The number of methoxy groups -OCH3 is 1. The molecule has 1 aromatic carbocycles. The maximum atomic E-state index is 12.3. The van der Waals surface area contributed by atoms with Gasteiger partial charge in [0.25, 0.3) is 0 Å². The Bertz CT molecular complexity index is 416. The number of hydrogen-bond acceptors (Lipinski definition) is 4. The van der Waals surface area contributed by atoms with Crippen LogP contribution in [0.3, 0.4) is 0 Å².